The second-order valence-electron chi connectivity index (χ2n) is 7.91. The molecule has 0 saturated heterocycles. The molecule has 0 aliphatic carbocycles. The minimum Gasteiger partial charge on any atom is -0.0620 e. The molecule has 0 spiro atoms. The zero-order valence-electron chi connectivity index (χ0n) is 16.2. The molecule has 0 fully saturated rings. The summed E-state index contributed by atoms with van der Waals surface area (Å²) >= 11 is 0. The lowest BCUT2D eigenvalue weighted by Gasteiger charge is -2.34. The van der Waals surface area contributed by atoms with Crippen molar-refractivity contribution in [2.45, 2.75) is 32.9 Å². The summed E-state index contributed by atoms with van der Waals surface area (Å²) in [6.45, 7) is 9.50. The van der Waals surface area contributed by atoms with E-state index in [-0.39, 0.29) is 5.16 Å². The summed E-state index contributed by atoms with van der Waals surface area (Å²) in [5.41, 5.74) is 4.54. The van der Waals surface area contributed by atoms with Crippen LogP contribution in [0.4, 0.5) is 0 Å². The van der Waals surface area contributed by atoms with E-state index in [1.54, 1.807) is 10.9 Å². The summed E-state index contributed by atoms with van der Waals surface area (Å²) in [6.07, 6.45) is 1.30. The summed E-state index contributed by atoms with van der Waals surface area (Å²) in [6, 6.07) is 22.4. The Balaban J connectivity index is 1.84. The summed E-state index contributed by atoms with van der Waals surface area (Å²) in [4.78, 5) is 0. The zero-order valence-corrected chi connectivity index (χ0v) is 18.1. The summed E-state index contributed by atoms with van der Waals surface area (Å²) in [7, 11) is -2.20. The van der Waals surface area contributed by atoms with Gasteiger partial charge < -0.3 is 0 Å². The smallest absolute Gasteiger partial charge is 0.0620 e. The van der Waals surface area contributed by atoms with Gasteiger partial charge in [-0.25, -0.2) is 0 Å². The van der Waals surface area contributed by atoms with Gasteiger partial charge in [0.1, 0.15) is 23.9 Å². The lowest BCUT2D eigenvalue weighted by molar-refractivity contribution is 0.842. The third-order valence-corrected chi connectivity index (χ3v) is 14.5. The molecule has 26 heavy (non-hydrogen) atoms. The minimum absolute atomic E-state index is 0.234. The monoisotopic (exact) mass is 378 g/mol. The van der Waals surface area contributed by atoms with E-state index in [0.29, 0.717) is 0 Å². The Kier molecular flexibility index (Phi) is 4.54. The van der Waals surface area contributed by atoms with Crippen molar-refractivity contribution in [2.24, 2.45) is 0 Å². The maximum atomic E-state index is 2.64. The van der Waals surface area contributed by atoms with Gasteiger partial charge in [-0.05, 0) is 63.1 Å². The van der Waals surface area contributed by atoms with Gasteiger partial charge in [-0.3, -0.25) is 0 Å². The molecule has 0 nitrogen and oxygen atoms in total. The molecule has 2 unspecified atom stereocenters. The zero-order chi connectivity index (χ0) is 18.4. The first kappa shape index (κ1) is 17.9. The fraction of sp³-hybridized carbons (Fsp3) is 0.250. The second kappa shape index (κ2) is 6.60. The SMILES string of the molecule is CC1=C[P+](c2ccccc2)(C2(C)C[PH+](c3ccccc3)C=C2C)C=C1C. The highest BCUT2D eigenvalue weighted by atomic mass is 31.2. The van der Waals surface area contributed by atoms with Gasteiger partial charge in [0.25, 0.3) is 0 Å². The highest BCUT2D eigenvalue weighted by Crippen LogP contribution is 2.79. The molecule has 0 bridgehead atoms. The molecule has 2 aliphatic rings. The molecule has 4 rings (SSSR count). The van der Waals surface area contributed by atoms with Crippen LogP contribution in [-0.2, 0) is 0 Å². The van der Waals surface area contributed by atoms with Crippen LogP contribution in [0.15, 0.2) is 94.8 Å². The first-order valence-corrected chi connectivity index (χ1v) is 13.1. The summed E-state index contributed by atoms with van der Waals surface area (Å²) < 4.78 is 0. The van der Waals surface area contributed by atoms with Gasteiger partial charge in [-0.2, -0.15) is 0 Å². The van der Waals surface area contributed by atoms with Crippen LogP contribution in [0.2, 0.25) is 0 Å². The number of allylic oxidation sites excluding steroid dienone is 3. The molecular formula is C24H28P2+2. The van der Waals surface area contributed by atoms with Crippen LogP contribution in [-0.4, -0.2) is 11.3 Å². The normalized spacial score (nSPS) is 27.1. The van der Waals surface area contributed by atoms with Gasteiger partial charge >= 0.3 is 0 Å². The molecule has 2 heteroatoms. The van der Waals surface area contributed by atoms with Crippen LogP contribution in [0.3, 0.4) is 0 Å². The third kappa shape index (κ3) is 2.67. The molecule has 2 aromatic carbocycles. The highest BCUT2D eigenvalue weighted by molar-refractivity contribution is 7.91. The van der Waals surface area contributed by atoms with E-state index < -0.39 is 15.2 Å². The van der Waals surface area contributed by atoms with E-state index in [9.17, 15) is 0 Å². The van der Waals surface area contributed by atoms with Gasteiger partial charge in [-0.1, -0.05) is 36.4 Å². The molecule has 2 aliphatic heterocycles. The van der Waals surface area contributed by atoms with Crippen molar-refractivity contribution in [3.05, 3.63) is 94.8 Å². The van der Waals surface area contributed by atoms with Crippen molar-refractivity contribution in [3.63, 3.8) is 0 Å². The molecule has 0 aromatic heterocycles. The fourth-order valence-electron chi connectivity index (χ4n) is 4.48. The molecule has 0 radical (unpaired) electrons. The van der Waals surface area contributed by atoms with Gasteiger partial charge in [0.05, 0.1) is 30.7 Å². The number of benzene rings is 2. The average Bonchev–Trinajstić information content (AvgIpc) is 3.15. The fourth-order valence-corrected chi connectivity index (χ4v) is 13.6. The van der Waals surface area contributed by atoms with Crippen LogP contribution in [0.5, 0.6) is 0 Å². The predicted octanol–water partition coefficient (Wildman–Crippen LogP) is 6.37. The number of hydrogen-bond donors (Lipinski definition) is 0. The quantitative estimate of drug-likeness (QED) is 0.545. The van der Waals surface area contributed by atoms with Crippen molar-refractivity contribution in [2.75, 3.05) is 6.16 Å². The maximum absolute atomic E-state index is 2.64. The molecule has 2 aromatic rings. The van der Waals surface area contributed by atoms with Crippen LogP contribution in [0.1, 0.15) is 27.7 Å². The van der Waals surface area contributed by atoms with Crippen LogP contribution >= 0.6 is 15.2 Å². The molecule has 0 N–H and O–H groups in total. The van der Waals surface area contributed by atoms with E-state index in [1.165, 1.54) is 22.6 Å². The van der Waals surface area contributed by atoms with Crippen molar-refractivity contribution in [3.8, 4) is 0 Å². The third-order valence-electron chi connectivity index (χ3n) is 6.34. The standard InChI is InChI=1S/C24H27P2/c1-19-16-26(17-20(19)2,23-13-9-6-10-14-23)24(4)18-25(15-21(24)3)22-11-7-5-8-12-22/h5-17H,18H2,1-4H3/q+1/p+1. The number of hydrogen-bond acceptors (Lipinski definition) is 0. The van der Waals surface area contributed by atoms with Crippen LogP contribution in [0.25, 0.3) is 0 Å². The van der Waals surface area contributed by atoms with Crippen LogP contribution in [0, 0.1) is 0 Å². The average molecular weight is 378 g/mol. The van der Waals surface area contributed by atoms with Crippen molar-refractivity contribution >= 4 is 25.8 Å². The van der Waals surface area contributed by atoms with Crippen molar-refractivity contribution in [1.29, 1.82) is 0 Å². The first-order valence-electron chi connectivity index (χ1n) is 9.40. The van der Waals surface area contributed by atoms with Crippen molar-refractivity contribution < 1.29 is 0 Å². The molecule has 0 saturated carbocycles. The highest BCUT2D eigenvalue weighted by Gasteiger charge is 2.62. The Bertz CT molecular complexity index is 888. The molecular weight excluding hydrogens is 350 g/mol. The minimum atomic E-state index is -1.55. The molecule has 2 heterocycles. The van der Waals surface area contributed by atoms with Gasteiger partial charge in [0.15, 0.2) is 0 Å². The Hall–Kier alpha value is -1.48. The molecule has 132 valence electrons. The predicted molar refractivity (Wildman–Crippen MR) is 122 cm³/mol. The maximum Gasteiger partial charge on any atom is 0.148 e. The number of rotatable bonds is 3. The van der Waals surface area contributed by atoms with E-state index >= 15 is 0 Å². The van der Waals surface area contributed by atoms with E-state index in [4.69, 9.17) is 0 Å². The van der Waals surface area contributed by atoms with E-state index in [2.05, 4.69) is 106 Å². The lowest BCUT2D eigenvalue weighted by atomic mass is 10.1. The Morgan fingerprint density at radius 1 is 0.808 bits per heavy atom. The Morgan fingerprint density at radius 3 is 1.92 bits per heavy atom. The molecule has 0 amide bonds. The van der Waals surface area contributed by atoms with Gasteiger partial charge in [-0.15, -0.1) is 0 Å². The first-order chi connectivity index (χ1) is 12.5. The van der Waals surface area contributed by atoms with Gasteiger partial charge in [0, 0.05) is 5.57 Å². The van der Waals surface area contributed by atoms with E-state index in [1.807, 2.05) is 0 Å². The summed E-state index contributed by atoms with van der Waals surface area (Å²) in [5, 5.41) is 3.31. The lowest BCUT2D eigenvalue weighted by Crippen LogP contribution is -2.34. The van der Waals surface area contributed by atoms with E-state index in [0.717, 1.165) is 0 Å². The largest absolute Gasteiger partial charge is 0.148 e. The topological polar surface area (TPSA) is 0 Å². The Labute approximate surface area is 159 Å². The summed E-state index contributed by atoms with van der Waals surface area (Å²) in [5.74, 6) is 7.92. The van der Waals surface area contributed by atoms with Crippen LogP contribution < -0.4 is 10.6 Å². The Morgan fingerprint density at radius 2 is 1.35 bits per heavy atom. The molecule has 2 atom stereocenters. The van der Waals surface area contributed by atoms with Gasteiger partial charge in [0.2, 0.25) is 0 Å². The second-order valence-corrected chi connectivity index (χ2v) is 13.8. The van der Waals surface area contributed by atoms with Crippen molar-refractivity contribution in [1.82, 2.24) is 0 Å².